The average Bonchev–Trinajstić information content (AvgIpc) is 2.82. The maximum atomic E-state index is 12.7. The summed E-state index contributed by atoms with van der Waals surface area (Å²) in [6, 6.07) is 11.8. The van der Waals surface area contributed by atoms with E-state index in [4.69, 9.17) is 0 Å². The number of benzene rings is 2. The molecule has 2 aromatic carbocycles. The molecule has 0 aliphatic heterocycles. The van der Waals surface area contributed by atoms with Crippen molar-refractivity contribution in [2.75, 3.05) is 5.32 Å². The van der Waals surface area contributed by atoms with Gasteiger partial charge in [-0.2, -0.15) is 5.10 Å². The van der Waals surface area contributed by atoms with E-state index in [0.717, 1.165) is 25.7 Å². The highest BCUT2D eigenvalue weighted by Gasteiger charge is 2.20. The Kier molecular flexibility index (Phi) is 8.35. The van der Waals surface area contributed by atoms with Crippen LogP contribution in [0, 0.1) is 0 Å². The number of hydrazone groups is 1. The number of rotatable bonds is 7. The fourth-order valence-electron chi connectivity index (χ4n) is 3.73. The van der Waals surface area contributed by atoms with Crippen LogP contribution in [0.15, 0.2) is 60.2 Å². The first-order chi connectivity index (χ1) is 16.0. The number of hydrogen-bond acceptors (Lipinski definition) is 5. The Morgan fingerprint density at radius 1 is 1.03 bits per heavy atom. The zero-order valence-corrected chi connectivity index (χ0v) is 18.3. The van der Waals surface area contributed by atoms with Gasteiger partial charge < -0.3 is 15.7 Å². The lowest BCUT2D eigenvalue weighted by Gasteiger charge is -2.23. The number of phenols is 1. The Bertz CT molecular complexity index is 1060. The summed E-state index contributed by atoms with van der Waals surface area (Å²) < 4.78 is 0. The van der Waals surface area contributed by atoms with Gasteiger partial charge in [-0.05, 0) is 43.0 Å². The van der Waals surface area contributed by atoms with Crippen molar-refractivity contribution in [3.8, 4) is 5.75 Å². The van der Waals surface area contributed by atoms with E-state index in [1.165, 1.54) is 12.6 Å². The van der Waals surface area contributed by atoms with Gasteiger partial charge in [0.2, 0.25) is 0 Å². The predicted molar refractivity (Wildman–Crippen MR) is 127 cm³/mol. The van der Waals surface area contributed by atoms with Gasteiger partial charge >= 0.3 is 11.8 Å². The molecule has 4 N–H and O–H groups in total. The number of aromatic hydroxyl groups is 1. The highest BCUT2D eigenvalue weighted by atomic mass is 16.3. The van der Waals surface area contributed by atoms with Crippen molar-refractivity contribution in [1.29, 1.82) is 0 Å². The first kappa shape index (κ1) is 23.7. The van der Waals surface area contributed by atoms with Crippen LogP contribution in [-0.2, 0) is 16.0 Å². The Labute approximate surface area is 192 Å². The number of carbonyl (C=O) groups excluding carboxylic acids is 3. The van der Waals surface area contributed by atoms with E-state index in [1.54, 1.807) is 48.5 Å². The monoisotopic (exact) mass is 448 g/mol. The molecule has 8 nitrogen and oxygen atoms in total. The summed E-state index contributed by atoms with van der Waals surface area (Å²) in [6.07, 6.45) is 8.61. The first-order valence-corrected chi connectivity index (χ1v) is 11.0. The summed E-state index contributed by atoms with van der Waals surface area (Å²) in [7, 11) is 0. The summed E-state index contributed by atoms with van der Waals surface area (Å²) in [5.74, 6) is -2.23. The van der Waals surface area contributed by atoms with Gasteiger partial charge in [-0.15, -0.1) is 6.58 Å². The van der Waals surface area contributed by atoms with Crippen LogP contribution in [0.4, 0.5) is 5.69 Å². The summed E-state index contributed by atoms with van der Waals surface area (Å²) >= 11 is 0. The molecule has 0 radical (unpaired) electrons. The average molecular weight is 449 g/mol. The topological polar surface area (TPSA) is 120 Å². The van der Waals surface area contributed by atoms with E-state index in [1.807, 2.05) is 0 Å². The molecule has 0 aromatic heterocycles. The molecule has 0 saturated heterocycles. The highest BCUT2D eigenvalue weighted by Crippen LogP contribution is 2.22. The molecule has 0 unspecified atom stereocenters. The number of nitrogens with one attached hydrogen (secondary N) is 3. The molecule has 172 valence electrons. The van der Waals surface area contributed by atoms with E-state index in [0.29, 0.717) is 17.5 Å². The minimum Gasteiger partial charge on any atom is -0.507 e. The second-order valence-corrected chi connectivity index (χ2v) is 7.85. The molecule has 1 saturated carbocycles. The van der Waals surface area contributed by atoms with Gasteiger partial charge in [-0.25, -0.2) is 5.43 Å². The Balaban J connectivity index is 1.60. The standard InChI is InChI=1S/C25H28N4O4/c1-2-9-17-10-8-11-18(22(17)30)16-26-29-25(33)24(32)28-21-15-7-6-14-20(21)23(31)27-19-12-4-3-5-13-19/h2,6-8,10-11,14-16,19,30H,1,3-5,9,12-13H2,(H,27,31)(H,28,32)(H,29,33). The van der Waals surface area contributed by atoms with Crippen LogP contribution in [0.3, 0.4) is 0 Å². The van der Waals surface area contributed by atoms with Crippen molar-refractivity contribution in [3.05, 3.63) is 71.8 Å². The number of nitrogens with zero attached hydrogens (tertiary/aromatic N) is 1. The lowest BCUT2D eigenvalue weighted by Crippen LogP contribution is -2.37. The number of anilines is 1. The molecule has 8 heteroatoms. The summed E-state index contributed by atoms with van der Waals surface area (Å²) in [5, 5.41) is 19.4. The SMILES string of the molecule is C=CCc1cccc(C=NNC(=O)C(=O)Nc2ccccc2C(=O)NC2CCCCC2)c1O. The van der Waals surface area contributed by atoms with Crippen LogP contribution in [0.5, 0.6) is 5.75 Å². The molecule has 1 fully saturated rings. The summed E-state index contributed by atoms with van der Waals surface area (Å²) in [6.45, 7) is 3.64. The maximum absolute atomic E-state index is 12.7. The first-order valence-electron chi connectivity index (χ1n) is 11.0. The van der Waals surface area contributed by atoms with E-state index in [2.05, 4.69) is 27.7 Å². The second kappa shape index (κ2) is 11.6. The molecule has 1 aliphatic carbocycles. The lowest BCUT2D eigenvalue weighted by atomic mass is 9.95. The second-order valence-electron chi connectivity index (χ2n) is 7.85. The molecule has 2 aromatic rings. The summed E-state index contributed by atoms with van der Waals surface area (Å²) in [4.78, 5) is 37.2. The van der Waals surface area contributed by atoms with Crippen LogP contribution >= 0.6 is 0 Å². The van der Waals surface area contributed by atoms with Crippen molar-refractivity contribution in [2.45, 2.75) is 44.6 Å². The minimum atomic E-state index is -1.00. The van der Waals surface area contributed by atoms with Gasteiger partial charge in [-0.3, -0.25) is 14.4 Å². The van der Waals surface area contributed by atoms with Crippen molar-refractivity contribution in [3.63, 3.8) is 0 Å². The molecule has 33 heavy (non-hydrogen) atoms. The fourth-order valence-corrected chi connectivity index (χ4v) is 3.73. The molecular weight excluding hydrogens is 420 g/mol. The zero-order chi connectivity index (χ0) is 23.6. The van der Waals surface area contributed by atoms with E-state index in [-0.39, 0.29) is 28.9 Å². The smallest absolute Gasteiger partial charge is 0.329 e. The minimum absolute atomic E-state index is 0.0257. The number of hydrogen-bond donors (Lipinski definition) is 4. The third kappa shape index (κ3) is 6.52. The number of carbonyl (C=O) groups is 3. The molecule has 3 rings (SSSR count). The van der Waals surface area contributed by atoms with Crippen LogP contribution in [0.1, 0.15) is 53.6 Å². The van der Waals surface area contributed by atoms with Gasteiger partial charge in [0, 0.05) is 11.6 Å². The third-order valence-electron chi connectivity index (χ3n) is 5.45. The van der Waals surface area contributed by atoms with Crippen molar-refractivity contribution in [1.82, 2.24) is 10.7 Å². The van der Waals surface area contributed by atoms with Gasteiger partial charge in [0.25, 0.3) is 5.91 Å². The predicted octanol–water partition coefficient (Wildman–Crippen LogP) is 3.27. The van der Waals surface area contributed by atoms with Gasteiger partial charge in [0.1, 0.15) is 5.75 Å². The van der Waals surface area contributed by atoms with Crippen LogP contribution in [0.25, 0.3) is 0 Å². The Hall–Kier alpha value is -3.94. The quantitative estimate of drug-likeness (QED) is 0.225. The Morgan fingerprint density at radius 2 is 1.79 bits per heavy atom. The van der Waals surface area contributed by atoms with Crippen molar-refractivity contribution in [2.24, 2.45) is 5.10 Å². The number of allylic oxidation sites excluding steroid dienone is 1. The van der Waals surface area contributed by atoms with E-state index in [9.17, 15) is 19.5 Å². The van der Waals surface area contributed by atoms with Gasteiger partial charge in [-0.1, -0.05) is 49.6 Å². The number of para-hydroxylation sites is 2. The van der Waals surface area contributed by atoms with E-state index < -0.39 is 11.8 Å². The number of amides is 3. The largest absolute Gasteiger partial charge is 0.507 e. The maximum Gasteiger partial charge on any atom is 0.329 e. The summed E-state index contributed by atoms with van der Waals surface area (Å²) in [5.41, 5.74) is 3.72. The zero-order valence-electron chi connectivity index (χ0n) is 18.3. The molecule has 3 amide bonds. The van der Waals surface area contributed by atoms with Crippen LogP contribution in [0.2, 0.25) is 0 Å². The molecule has 0 heterocycles. The molecule has 1 aliphatic rings. The molecular formula is C25H28N4O4. The van der Waals surface area contributed by atoms with Crippen molar-refractivity contribution < 1.29 is 19.5 Å². The molecule has 0 bridgehead atoms. The Morgan fingerprint density at radius 3 is 2.55 bits per heavy atom. The fraction of sp³-hybridized carbons (Fsp3) is 0.280. The van der Waals surface area contributed by atoms with Crippen LogP contribution < -0.4 is 16.1 Å². The molecule has 0 atom stereocenters. The normalized spacial score (nSPS) is 13.9. The van der Waals surface area contributed by atoms with Gasteiger partial charge in [0.15, 0.2) is 0 Å². The van der Waals surface area contributed by atoms with E-state index >= 15 is 0 Å². The van der Waals surface area contributed by atoms with Crippen molar-refractivity contribution >= 4 is 29.6 Å². The van der Waals surface area contributed by atoms with Crippen LogP contribution in [-0.4, -0.2) is 35.1 Å². The lowest BCUT2D eigenvalue weighted by molar-refractivity contribution is -0.136. The highest BCUT2D eigenvalue weighted by molar-refractivity contribution is 6.40. The molecule has 0 spiro atoms. The third-order valence-corrected chi connectivity index (χ3v) is 5.45. The van der Waals surface area contributed by atoms with Gasteiger partial charge in [0.05, 0.1) is 17.5 Å². The number of phenolic OH excluding ortho intramolecular Hbond substituents is 1.